The van der Waals surface area contributed by atoms with E-state index in [2.05, 4.69) is 15.2 Å². The highest BCUT2D eigenvalue weighted by atomic mass is 32.2. The Bertz CT molecular complexity index is 994. The molecule has 168 valence electrons. The van der Waals surface area contributed by atoms with Gasteiger partial charge in [-0.2, -0.15) is 4.31 Å². The first-order valence-corrected chi connectivity index (χ1v) is 12.6. The number of nitrogens with zero attached hydrogens (tertiary/aromatic N) is 4. The zero-order valence-electron chi connectivity index (χ0n) is 17.9. The predicted octanol–water partition coefficient (Wildman–Crippen LogP) is 2.13. The molecule has 2 fully saturated rings. The van der Waals surface area contributed by atoms with Crippen LogP contribution in [0.4, 0.5) is 4.79 Å². The molecule has 0 atom stereocenters. The molecular formula is C22H31N5O3S. The molecule has 2 saturated heterocycles. The van der Waals surface area contributed by atoms with Gasteiger partial charge in [0, 0.05) is 55.9 Å². The molecule has 1 aromatic carbocycles. The number of pyridine rings is 1. The second-order valence-electron chi connectivity index (χ2n) is 8.23. The Morgan fingerprint density at radius 2 is 1.77 bits per heavy atom. The van der Waals surface area contributed by atoms with Crippen molar-refractivity contribution in [1.82, 2.24) is 24.4 Å². The van der Waals surface area contributed by atoms with Crippen molar-refractivity contribution in [2.75, 3.05) is 52.4 Å². The quantitative estimate of drug-likeness (QED) is 0.689. The van der Waals surface area contributed by atoms with Gasteiger partial charge in [-0.15, -0.1) is 0 Å². The number of nitrogens with one attached hydrogen (secondary N) is 1. The third-order valence-corrected chi connectivity index (χ3v) is 8.12. The smallest absolute Gasteiger partial charge is 0.317 e. The van der Waals surface area contributed by atoms with Crippen molar-refractivity contribution >= 4 is 26.8 Å². The van der Waals surface area contributed by atoms with Crippen LogP contribution < -0.4 is 5.32 Å². The van der Waals surface area contributed by atoms with E-state index in [0.717, 1.165) is 31.4 Å². The number of likely N-dealkylation sites (tertiary alicyclic amines) is 1. The number of urea groups is 1. The van der Waals surface area contributed by atoms with Crippen molar-refractivity contribution < 1.29 is 13.2 Å². The summed E-state index contributed by atoms with van der Waals surface area (Å²) in [5, 5.41) is 4.46. The Kier molecular flexibility index (Phi) is 7.04. The summed E-state index contributed by atoms with van der Waals surface area (Å²) in [7, 11) is -3.63. The molecular weight excluding hydrogens is 414 g/mol. The number of hydrogen-bond acceptors (Lipinski definition) is 5. The number of aromatic nitrogens is 1. The van der Waals surface area contributed by atoms with Crippen molar-refractivity contribution in [3.63, 3.8) is 0 Å². The average molecular weight is 446 g/mol. The molecule has 8 nitrogen and oxygen atoms in total. The lowest BCUT2D eigenvalue weighted by atomic mass is 10.1. The molecule has 0 bridgehead atoms. The molecule has 0 aliphatic carbocycles. The number of carbonyl (C=O) groups is 1. The van der Waals surface area contributed by atoms with Gasteiger partial charge >= 0.3 is 6.03 Å². The topological polar surface area (TPSA) is 85.9 Å². The first kappa shape index (κ1) is 22.0. The van der Waals surface area contributed by atoms with Gasteiger partial charge in [-0.25, -0.2) is 13.2 Å². The van der Waals surface area contributed by atoms with Crippen molar-refractivity contribution in [3.8, 4) is 0 Å². The van der Waals surface area contributed by atoms with Gasteiger partial charge in [0.05, 0.1) is 4.90 Å². The van der Waals surface area contributed by atoms with E-state index in [0.29, 0.717) is 43.0 Å². The third kappa shape index (κ3) is 5.16. The summed E-state index contributed by atoms with van der Waals surface area (Å²) in [6.07, 6.45) is 8.09. The van der Waals surface area contributed by atoms with Gasteiger partial charge in [-0.05, 0) is 51.0 Å². The summed E-state index contributed by atoms with van der Waals surface area (Å²) in [6.45, 7) is 5.38. The van der Waals surface area contributed by atoms with Crippen molar-refractivity contribution in [2.45, 2.75) is 30.6 Å². The minimum absolute atomic E-state index is 0.105. The zero-order valence-corrected chi connectivity index (χ0v) is 18.7. The number of hydrogen-bond donors (Lipinski definition) is 1. The summed E-state index contributed by atoms with van der Waals surface area (Å²) in [4.78, 5) is 21.0. The Labute approximate surface area is 184 Å². The van der Waals surface area contributed by atoms with Crippen LogP contribution in [0.15, 0.2) is 41.6 Å². The maximum atomic E-state index is 13.2. The summed E-state index contributed by atoms with van der Waals surface area (Å²) in [6, 6.07) is 6.86. The van der Waals surface area contributed by atoms with Gasteiger partial charge in [-0.3, -0.25) is 4.98 Å². The van der Waals surface area contributed by atoms with E-state index in [-0.39, 0.29) is 6.03 Å². The number of rotatable bonds is 6. The van der Waals surface area contributed by atoms with Crippen LogP contribution in [0.1, 0.15) is 25.7 Å². The number of amides is 2. The molecule has 2 aliphatic rings. The van der Waals surface area contributed by atoms with E-state index in [1.165, 1.54) is 23.6 Å². The molecule has 4 rings (SSSR count). The molecule has 0 unspecified atom stereocenters. The molecule has 2 aromatic rings. The average Bonchev–Trinajstić information content (AvgIpc) is 2.82. The van der Waals surface area contributed by atoms with E-state index in [1.54, 1.807) is 35.5 Å². The van der Waals surface area contributed by atoms with Gasteiger partial charge in [0.15, 0.2) is 0 Å². The number of carbonyl (C=O) groups excluding carboxylic acids is 1. The molecule has 2 aliphatic heterocycles. The van der Waals surface area contributed by atoms with Crippen LogP contribution in [0.2, 0.25) is 0 Å². The van der Waals surface area contributed by atoms with Crippen LogP contribution in [0.5, 0.6) is 0 Å². The minimum Gasteiger partial charge on any atom is -0.338 e. The number of benzene rings is 1. The second-order valence-corrected chi connectivity index (χ2v) is 10.1. The summed E-state index contributed by atoms with van der Waals surface area (Å²) < 4.78 is 27.9. The molecule has 31 heavy (non-hydrogen) atoms. The minimum atomic E-state index is -3.63. The van der Waals surface area contributed by atoms with Gasteiger partial charge in [0.25, 0.3) is 0 Å². The summed E-state index contributed by atoms with van der Waals surface area (Å²) >= 11 is 0. The normalized spacial score (nSPS) is 18.9. The van der Waals surface area contributed by atoms with E-state index < -0.39 is 10.0 Å². The molecule has 3 heterocycles. The largest absolute Gasteiger partial charge is 0.338 e. The first-order chi connectivity index (χ1) is 15.1. The molecule has 0 saturated carbocycles. The van der Waals surface area contributed by atoms with Gasteiger partial charge in [0.1, 0.15) is 0 Å². The monoisotopic (exact) mass is 445 g/mol. The second kappa shape index (κ2) is 9.93. The van der Waals surface area contributed by atoms with E-state index in [9.17, 15) is 13.2 Å². The molecule has 0 radical (unpaired) electrons. The van der Waals surface area contributed by atoms with Gasteiger partial charge in [-0.1, -0.05) is 18.6 Å². The van der Waals surface area contributed by atoms with Crippen LogP contribution >= 0.6 is 0 Å². The number of piperazine rings is 1. The standard InChI is InChI=1S/C22H31N5O3S/c28-22(24-9-5-13-25-11-2-1-3-12-25)26-14-16-27(17-15-26)31(29,30)21-7-4-6-19-18-23-10-8-20(19)21/h4,6-8,10,18H,1-3,5,9,11-17H2,(H,24,28). The molecule has 1 N–H and O–H groups in total. The SMILES string of the molecule is O=C(NCCCN1CCCCC1)N1CCN(S(=O)(=O)c2cccc3cnccc23)CC1. The van der Waals surface area contributed by atoms with Crippen LogP contribution in [-0.4, -0.2) is 85.9 Å². The maximum Gasteiger partial charge on any atom is 0.317 e. The Morgan fingerprint density at radius 1 is 1.00 bits per heavy atom. The van der Waals surface area contributed by atoms with E-state index >= 15 is 0 Å². The van der Waals surface area contributed by atoms with Crippen molar-refractivity contribution in [2.24, 2.45) is 0 Å². The molecule has 2 amide bonds. The lowest BCUT2D eigenvalue weighted by Crippen LogP contribution is -2.53. The lowest BCUT2D eigenvalue weighted by molar-refractivity contribution is 0.171. The van der Waals surface area contributed by atoms with Crippen molar-refractivity contribution in [3.05, 3.63) is 36.7 Å². The van der Waals surface area contributed by atoms with Crippen LogP contribution in [-0.2, 0) is 10.0 Å². The van der Waals surface area contributed by atoms with Crippen LogP contribution in [0.25, 0.3) is 10.8 Å². The molecule has 9 heteroatoms. The fraction of sp³-hybridized carbons (Fsp3) is 0.545. The zero-order chi connectivity index (χ0) is 21.7. The summed E-state index contributed by atoms with van der Waals surface area (Å²) in [5.41, 5.74) is 0. The fourth-order valence-electron chi connectivity index (χ4n) is 4.38. The fourth-order valence-corrected chi connectivity index (χ4v) is 6.02. The lowest BCUT2D eigenvalue weighted by Gasteiger charge is -2.34. The number of fused-ring (bicyclic) bond motifs is 1. The van der Waals surface area contributed by atoms with E-state index in [1.807, 2.05) is 6.07 Å². The highest BCUT2D eigenvalue weighted by Gasteiger charge is 2.31. The maximum absolute atomic E-state index is 13.2. The Balaban J connectivity index is 1.28. The Morgan fingerprint density at radius 3 is 2.55 bits per heavy atom. The highest BCUT2D eigenvalue weighted by Crippen LogP contribution is 2.25. The van der Waals surface area contributed by atoms with E-state index in [4.69, 9.17) is 0 Å². The number of sulfonamides is 1. The highest BCUT2D eigenvalue weighted by molar-refractivity contribution is 7.89. The predicted molar refractivity (Wildman–Crippen MR) is 120 cm³/mol. The van der Waals surface area contributed by atoms with Crippen molar-refractivity contribution in [1.29, 1.82) is 0 Å². The van der Waals surface area contributed by atoms with Crippen LogP contribution in [0.3, 0.4) is 0 Å². The van der Waals surface area contributed by atoms with Crippen LogP contribution in [0, 0.1) is 0 Å². The van der Waals surface area contributed by atoms with Gasteiger partial charge in [0.2, 0.25) is 10.0 Å². The first-order valence-electron chi connectivity index (χ1n) is 11.1. The Hall–Kier alpha value is -2.23. The third-order valence-electron chi connectivity index (χ3n) is 6.16. The summed E-state index contributed by atoms with van der Waals surface area (Å²) in [5.74, 6) is 0. The number of piperidine rings is 1. The molecule has 1 aromatic heterocycles. The van der Waals surface area contributed by atoms with Gasteiger partial charge < -0.3 is 15.1 Å². The molecule has 0 spiro atoms.